The lowest BCUT2D eigenvalue weighted by Crippen LogP contribution is -1.96. The van der Waals surface area contributed by atoms with Gasteiger partial charge in [0.1, 0.15) is 5.56 Å². The van der Waals surface area contributed by atoms with Crippen molar-refractivity contribution in [2.75, 3.05) is 0 Å². The van der Waals surface area contributed by atoms with Gasteiger partial charge in [0.15, 0.2) is 0 Å². The molecule has 0 spiro atoms. The SMILES string of the molecule is O=C(O)c1cn[nH]c1-c1c[nH]c2c(Cl)cccc12. The number of hydrogen-bond donors (Lipinski definition) is 3. The van der Waals surface area contributed by atoms with Gasteiger partial charge in [0.2, 0.25) is 0 Å². The van der Waals surface area contributed by atoms with Gasteiger partial charge in [-0.15, -0.1) is 0 Å². The first-order valence-electron chi connectivity index (χ1n) is 5.21. The number of nitrogens with zero attached hydrogens (tertiary/aromatic N) is 1. The van der Waals surface area contributed by atoms with Gasteiger partial charge in [-0.2, -0.15) is 5.10 Å². The summed E-state index contributed by atoms with van der Waals surface area (Å²) in [5.74, 6) is -1.02. The van der Waals surface area contributed by atoms with Crippen molar-refractivity contribution < 1.29 is 9.90 Å². The molecule has 0 fully saturated rings. The molecule has 3 aromatic rings. The molecule has 0 bridgehead atoms. The highest BCUT2D eigenvalue weighted by Gasteiger charge is 2.17. The van der Waals surface area contributed by atoms with Gasteiger partial charge in [-0.1, -0.05) is 23.7 Å². The summed E-state index contributed by atoms with van der Waals surface area (Å²) < 4.78 is 0. The van der Waals surface area contributed by atoms with Crippen LogP contribution in [0, 0.1) is 0 Å². The van der Waals surface area contributed by atoms with Crippen molar-refractivity contribution in [2.45, 2.75) is 0 Å². The van der Waals surface area contributed by atoms with Gasteiger partial charge in [-0.3, -0.25) is 5.10 Å². The lowest BCUT2D eigenvalue weighted by molar-refractivity contribution is 0.0698. The Morgan fingerprint density at radius 3 is 3.00 bits per heavy atom. The molecule has 2 heterocycles. The van der Waals surface area contributed by atoms with E-state index in [0.29, 0.717) is 10.7 Å². The lowest BCUT2D eigenvalue weighted by atomic mass is 10.1. The Bertz CT molecular complexity index is 745. The number of aromatic carboxylic acids is 1. The summed E-state index contributed by atoms with van der Waals surface area (Å²) >= 11 is 6.06. The third-order valence-corrected chi connectivity index (χ3v) is 3.12. The molecule has 0 aliphatic heterocycles. The maximum absolute atomic E-state index is 11.1. The molecule has 1 aromatic carbocycles. The second-order valence-corrected chi connectivity index (χ2v) is 4.24. The van der Waals surface area contributed by atoms with Crippen LogP contribution in [0.5, 0.6) is 0 Å². The number of aromatic amines is 2. The minimum atomic E-state index is -1.02. The molecular formula is C12H8ClN3O2. The van der Waals surface area contributed by atoms with Crippen molar-refractivity contribution in [3.63, 3.8) is 0 Å². The third kappa shape index (κ3) is 1.48. The average Bonchev–Trinajstić information content (AvgIpc) is 2.94. The molecule has 3 N–H and O–H groups in total. The Morgan fingerprint density at radius 1 is 1.39 bits per heavy atom. The number of benzene rings is 1. The number of halogens is 1. The Kier molecular flexibility index (Phi) is 2.34. The third-order valence-electron chi connectivity index (χ3n) is 2.80. The van der Waals surface area contributed by atoms with E-state index in [1.165, 1.54) is 6.20 Å². The second kappa shape index (κ2) is 3.89. The molecule has 0 amide bonds. The van der Waals surface area contributed by atoms with Gasteiger partial charge < -0.3 is 10.1 Å². The first-order chi connectivity index (χ1) is 8.68. The highest BCUT2D eigenvalue weighted by molar-refractivity contribution is 6.35. The molecular weight excluding hydrogens is 254 g/mol. The fourth-order valence-corrected chi connectivity index (χ4v) is 2.21. The van der Waals surface area contributed by atoms with Gasteiger partial charge in [-0.05, 0) is 6.07 Å². The van der Waals surface area contributed by atoms with E-state index in [0.717, 1.165) is 16.5 Å². The summed E-state index contributed by atoms with van der Waals surface area (Å²) in [5, 5.41) is 17.0. The molecule has 18 heavy (non-hydrogen) atoms. The highest BCUT2D eigenvalue weighted by atomic mass is 35.5. The van der Waals surface area contributed by atoms with Crippen LogP contribution in [-0.2, 0) is 0 Å². The first kappa shape index (κ1) is 10.9. The van der Waals surface area contributed by atoms with Crippen molar-refractivity contribution >= 4 is 28.5 Å². The number of fused-ring (bicyclic) bond motifs is 1. The van der Waals surface area contributed by atoms with Gasteiger partial charge in [-0.25, -0.2) is 4.79 Å². The summed E-state index contributed by atoms with van der Waals surface area (Å²) in [4.78, 5) is 14.1. The predicted molar refractivity (Wildman–Crippen MR) is 67.8 cm³/mol. The summed E-state index contributed by atoms with van der Waals surface area (Å²) in [6, 6.07) is 5.47. The van der Waals surface area contributed by atoms with Crippen molar-refractivity contribution in [3.05, 3.63) is 41.2 Å². The summed E-state index contributed by atoms with van der Waals surface area (Å²) in [6.07, 6.45) is 3.01. The van der Waals surface area contributed by atoms with Crippen LogP contribution in [0.1, 0.15) is 10.4 Å². The molecule has 0 aliphatic carbocycles. The lowest BCUT2D eigenvalue weighted by Gasteiger charge is -1.98. The number of H-pyrrole nitrogens is 2. The molecule has 2 aromatic heterocycles. The molecule has 0 radical (unpaired) electrons. The second-order valence-electron chi connectivity index (χ2n) is 3.83. The topological polar surface area (TPSA) is 81.8 Å². The number of aromatic nitrogens is 3. The molecule has 0 saturated heterocycles. The van der Waals surface area contributed by atoms with Crippen molar-refractivity contribution in [1.82, 2.24) is 15.2 Å². The van der Waals surface area contributed by atoms with Gasteiger partial charge >= 0.3 is 5.97 Å². The smallest absolute Gasteiger partial charge is 0.339 e. The van der Waals surface area contributed by atoms with Crippen LogP contribution in [0.15, 0.2) is 30.6 Å². The van der Waals surface area contributed by atoms with E-state index in [9.17, 15) is 4.79 Å². The van der Waals surface area contributed by atoms with E-state index in [1.54, 1.807) is 12.3 Å². The largest absolute Gasteiger partial charge is 0.478 e. The molecule has 0 atom stereocenters. The maximum atomic E-state index is 11.1. The quantitative estimate of drug-likeness (QED) is 0.663. The molecule has 3 rings (SSSR count). The molecule has 0 aliphatic rings. The van der Waals surface area contributed by atoms with Crippen LogP contribution < -0.4 is 0 Å². The highest BCUT2D eigenvalue weighted by Crippen LogP contribution is 2.32. The first-order valence-corrected chi connectivity index (χ1v) is 5.59. The number of carbonyl (C=O) groups is 1. The van der Waals surface area contributed by atoms with Crippen LogP contribution in [-0.4, -0.2) is 26.3 Å². The van der Waals surface area contributed by atoms with E-state index < -0.39 is 5.97 Å². The Morgan fingerprint density at radius 2 is 2.22 bits per heavy atom. The predicted octanol–water partition coefficient (Wildman–Crippen LogP) is 2.91. The minimum absolute atomic E-state index is 0.135. The number of carboxylic acids is 1. The van der Waals surface area contributed by atoms with Crippen LogP contribution in [0.25, 0.3) is 22.2 Å². The van der Waals surface area contributed by atoms with E-state index in [4.69, 9.17) is 16.7 Å². The van der Waals surface area contributed by atoms with E-state index in [-0.39, 0.29) is 5.56 Å². The Balaban J connectivity index is 2.29. The number of para-hydroxylation sites is 1. The Labute approximate surface area is 106 Å². The van der Waals surface area contributed by atoms with Crippen molar-refractivity contribution in [2.24, 2.45) is 0 Å². The average molecular weight is 262 g/mol. The summed E-state index contributed by atoms with van der Waals surface area (Å²) in [7, 11) is 0. The number of carboxylic acid groups (broad SMARTS) is 1. The standard InChI is InChI=1S/C12H8ClN3O2/c13-9-3-1-2-6-7(4-14-11(6)9)10-8(12(17)18)5-15-16-10/h1-5,14H,(H,15,16)(H,17,18). The van der Waals surface area contributed by atoms with E-state index >= 15 is 0 Å². The van der Waals surface area contributed by atoms with Gasteiger partial charge in [0.05, 0.1) is 22.4 Å². The van der Waals surface area contributed by atoms with Crippen LogP contribution in [0.3, 0.4) is 0 Å². The van der Waals surface area contributed by atoms with Gasteiger partial charge in [0, 0.05) is 17.1 Å². The molecule has 90 valence electrons. The van der Waals surface area contributed by atoms with Crippen LogP contribution >= 0.6 is 11.6 Å². The number of rotatable bonds is 2. The van der Waals surface area contributed by atoms with Crippen LogP contribution in [0.2, 0.25) is 5.02 Å². The number of hydrogen-bond acceptors (Lipinski definition) is 2. The minimum Gasteiger partial charge on any atom is -0.478 e. The zero-order valence-electron chi connectivity index (χ0n) is 9.07. The summed E-state index contributed by atoms with van der Waals surface area (Å²) in [5.41, 5.74) is 2.12. The maximum Gasteiger partial charge on any atom is 0.339 e. The fourth-order valence-electron chi connectivity index (χ4n) is 1.98. The van der Waals surface area contributed by atoms with E-state index in [2.05, 4.69) is 15.2 Å². The Hall–Kier alpha value is -2.27. The molecule has 0 saturated carbocycles. The van der Waals surface area contributed by atoms with E-state index in [1.807, 2.05) is 12.1 Å². The van der Waals surface area contributed by atoms with Crippen LogP contribution in [0.4, 0.5) is 0 Å². The molecule has 6 heteroatoms. The molecule has 0 unspecified atom stereocenters. The van der Waals surface area contributed by atoms with Crippen molar-refractivity contribution in [3.8, 4) is 11.3 Å². The molecule has 5 nitrogen and oxygen atoms in total. The fraction of sp³-hybridized carbons (Fsp3) is 0. The normalized spacial score (nSPS) is 10.9. The number of nitrogens with one attached hydrogen (secondary N) is 2. The summed E-state index contributed by atoms with van der Waals surface area (Å²) in [6.45, 7) is 0. The monoisotopic (exact) mass is 261 g/mol. The van der Waals surface area contributed by atoms with Crippen molar-refractivity contribution in [1.29, 1.82) is 0 Å². The zero-order chi connectivity index (χ0) is 12.7. The zero-order valence-corrected chi connectivity index (χ0v) is 9.82. The van der Waals surface area contributed by atoms with Gasteiger partial charge in [0.25, 0.3) is 0 Å².